The van der Waals surface area contributed by atoms with Gasteiger partial charge in [0.2, 0.25) is 0 Å². The van der Waals surface area contributed by atoms with Gasteiger partial charge >= 0.3 is 6.18 Å². The summed E-state index contributed by atoms with van der Waals surface area (Å²) in [5.41, 5.74) is 3.81. The van der Waals surface area contributed by atoms with E-state index < -0.39 is 12.1 Å². The molecule has 0 saturated heterocycles. The van der Waals surface area contributed by atoms with Gasteiger partial charge in [0.25, 0.3) is 0 Å². The fourth-order valence-corrected chi connectivity index (χ4v) is 3.12. The molecule has 0 nitrogen and oxygen atoms in total. The summed E-state index contributed by atoms with van der Waals surface area (Å²) in [6, 6.07) is 6.39. The van der Waals surface area contributed by atoms with E-state index in [2.05, 4.69) is 32.0 Å². The maximum Gasteiger partial charge on any atom is 0.391 e. The molecule has 1 aliphatic carbocycles. The molecule has 1 aliphatic rings. The normalized spacial score (nSPS) is 24.5. The van der Waals surface area contributed by atoms with Crippen molar-refractivity contribution in [3.05, 3.63) is 34.9 Å². The lowest BCUT2D eigenvalue weighted by molar-refractivity contribution is -0.182. The molecule has 0 heterocycles. The van der Waals surface area contributed by atoms with Gasteiger partial charge in [-0.15, -0.1) is 0 Å². The predicted molar refractivity (Wildman–Crippen MR) is 71.3 cm³/mol. The molecule has 1 aromatic rings. The van der Waals surface area contributed by atoms with E-state index in [9.17, 15) is 13.2 Å². The molecule has 1 saturated carbocycles. The Labute approximate surface area is 113 Å². The van der Waals surface area contributed by atoms with E-state index in [-0.39, 0.29) is 12.8 Å². The van der Waals surface area contributed by atoms with Gasteiger partial charge in [-0.1, -0.05) is 25.1 Å². The van der Waals surface area contributed by atoms with Crippen LogP contribution in [0.1, 0.15) is 55.2 Å². The van der Waals surface area contributed by atoms with Crippen molar-refractivity contribution in [3.63, 3.8) is 0 Å². The van der Waals surface area contributed by atoms with Crippen LogP contribution in [0, 0.1) is 12.8 Å². The van der Waals surface area contributed by atoms with E-state index in [1.165, 1.54) is 16.7 Å². The number of benzene rings is 1. The SMILES string of the molecule is CCc1ccc([C@H]2CC[C@H](C(F)(F)F)CC2)cc1C. The van der Waals surface area contributed by atoms with Crippen LogP contribution in [-0.2, 0) is 6.42 Å². The summed E-state index contributed by atoms with van der Waals surface area (Å²) in [6.45, 7) is 4.21. The van der Waals surface area contributed by atoms with E-state index in [4.69, 9.17) is 0 Å². The molecule has 106 valence electrons. The van der Waals surface area contributed by atoms with Crippen LogP contribution in [0.25, 0.3) is 0 Å². The van der Waals surface area contributed by atoms with Gasteiger partial charge in [-0.2, -0.15) is 13.2 Å². The predicted octanol–water partition coefficient (Wildman–Crippen LogP) is 5.39. The van der Waals surface area contributed by atoms with Crippen molar-refractivity contribution in [2.24, 2.45) is 5.92 Å². The first-order valence-corrected chi connectivity index (χ1v) is 7.08. The van der Waals surface area contributed by atoms with Crippen molar-refractivity contribution in [2.45, 2.75) is 58.0 Å². The quantitative estimate of drug-likeness (QED) is 0.675. The highest BCUT2D eigenvalue weighted by Gasteiger charge is 2.41. The van der Waals surface area contributed by atoms with Crippen LogP contribution < -0.4 is 0 Å². The van der Waals surface area contributed by atoms with E-state index in [0.29, 0.717) is 18.8 Å². The van der Waals surface area contributed by atoms with Crippen LogP contribution in [0.5, 0.6) is 0 Å². The molecule has 0 amide bonds. The monoisotopic (exact) mass is 270 g/mol. The highest BCUT2D eigenvalue weighted by atomic mass is 19.4. The van der Waals surface area contributed by atoms with E-state index in [0.717, 1.165) is 6.42 Å². The van der Waals surface area contributed by atoms with Crippen LogP contribution in [-0.4, -0.2) is 6.18 Å². The number of halogens is 3. The van der Waals surface area contributed by atoms with Gasteiger partial charge in [-0.25, -0.2) is 0 Å². The van der Waals surface area contributed by atoms with Crippen molar-refractivity contribution in [1.29, 1.82) is 0 Å². The fourth-order valence-electron chi connectivity index (χ4n) is 3.12. The Balaban J connectivity index is 2.04. The van der Waals surface area contributed by atoms with Crippen molar-refractivity contribution in [1.82, 2.24) is 0 Å². The third-order valence-corrected chi connectivity index (χ3v) is 4.41. The van der Waals surface area contributed by atoms with E-state index in [1.54, 1.807) is 0 Å². The first kappa shape index (κ1) is 14.4. The molecule has 0 bridgehead atoms. The lowest BCUT2D eigenvalue weighted by Gasteiger charge is -2.30. The van der Waals surface area contributed by atoms with Gasteiger partial charge in [0.05, 0.1) is 5.92 Å². The van der Waals surface area contributed by atoms with Crippen LogP contribution in [0.15, 0.2) is 18.2 Å². The number of hydrogen-bond donors (Lipinski definition) is 0. The van der Waals surface area contributed by atoms with Crippen LogP contribution >= 0.6 is 0 Å². The van der Waals surface area contributed by atoms with Gasteiger partial charge in [0.1, 0.15) is 0 Å². The Morgan fingerprint density at radius 3 is 2.21 bits per heavy atom. The Morgan fingerprint density at radius 1 is 1.11 bits per heavy atom. The number of hydrogen-bond acceptors (Lipinski definition) is 0. The highest BCUT2D eigenvalue weighted by molar-refractivity contribution is 5.33. The summed E-state index contributed by atoms with van der Waals surface area (Å²) in [4.78, 5) is 0. The molecule has 0 aliphatic heterocycles. The minimum Gasteiger partial charge on any atom is -0.171 e. The van der Waals surface area contributed by atoms with Gasteiger partial charge in [-0.05, 0) is 61.6 Å². The average Bonchev–Trinajstić information content (AvgIpc) is 2.38. The number of alkyl halides is 3. The average molecular weight is 270 g/mol. The first-order valence-electron chi connectivity index (χ1n) is 7.08. The van der Waals surface area contributed by atoms with Gasteiger partial charge in [-0.3, -0.25) is 0 Å². The van der Waals surface area contributed by atoms with Crippen molar-refractivity contribution >= 4 is 0 Å². The lowest BCUT2D eigenvalue weighted by Crippen LogP contribution is -2.27. The Hall–Kier alpha value is -0.990. The number of rotatable bonds is 2. The smallest absolute Gasteiger partial charge is 0.171 e. The molecule has 0 radical (unpaired) electrons. The molecular formula is C16H21F3. The lowest BCUT2D eigenvalue weighted by atomic mass is 9.78. The molecule has 19 heavy (non-hydrogen) atoms. The van der Waals surface area contributed by atoms with Crippen LogP contribution in [0.2, 0.25) is 0 Å². The second-order valence-electron chi connectivity index (χ2n) is 5.63. The molecule has 0 atom stereocenters. The molecule has 2 rings (SSSR count). The zero-order chi connectivity index (χ0) is 14.0. The fraction of sp³-hybridized carbons (Fsp3) is 0.625. The van der Waals surface area contributed by atoms with Crippen molar-refractivity contribution < 1.29 is 13.2 Å². The summed E-state index contributed by atoms with van der Waals surface area (Å²) in [5.74, 6) is -0.775. The minimum absolute atomic E-state index is 0.280. The number of aryl methyl sites for hydroxylation is 2. The van der Waals surface area contributed by atoms with Gasteiger partial charge in [0.15, 0.2) is 0 Å². The maximum absolute atomic E-state index is 12.6. The zero-order valence-corrected chi connectivity index (χ0v) is 11.6. The molecule has 0 aromatic heterocycles. The summed E-state index contributed by atoms with van der Waals surface area (Å²) < 4.78 is 37.9. The highest BCUT2D eigenvalue weighted by Crippen LogP contribution is 2.43. The summed E-state index contributed by atoms with van der Waals surface area (Å²) in [5, 5.41) is 0. The Morgan fingerprint density at radius 2 is 1.74 bits per heavy atom. The summed E-state index contributed by atoms with van der Waals surface area (Å²) in [7, 11) is 0. The topological polar surface area (TPSA) is 0 Å². The van der Waals surface area contributed by atoms with Crippen LogP contribution in [0.3, 0.4) is 0 Å². The van der Waals surface area contributed by atoms with Crippen molar-refractivity contribution in [3.8, 4) is 0 Å². The minimum atomic E-state index is -4.01. The van der Waals surface area contributed by atoms with Crippen molar-refractivity contribution in [2.75, 3.05) is 0 Å². The van der Waals surface area contributed by atoms with E-state index in [1.807, 2.05) is 0 Å². The molecule has 0 N–H and O–H groups in total. The maximum atomic E-state index is 12.6. The van der Waals surface area contributed by atoms with E-state index >= 15 is 0 Å². The molecule has 1 fully saturated rings. The second-order valence-corrected chi connectivity index (χ2v) is 5.63. The Bertz CT molecular complexity index is 426. The Kier molecular flexibility index (Phi) is 4.22. The zero-order valence-electron chi connectivity index (χ0n) is 11.6. The molecule has 0 unspecified atom stereocenters. The second kappa shape index (κ2) is 5.56. The molecule has 0 spiro atoms. The van der Waals surface area contributed by atoms with Gasteiger partial charge in [0, 0.05) is 0 Å². The van der Waals surface area contributed by atoms with Gasteiger partial charge < -0.3 is 0 Å². The summed E-state index contributed by atoms with van der Waals surface area (Å²) in [6.07, 6.45) is -1.12. The third kappa shape index (κ3) is 3.31. The largest absolute Gasteiger partial charge is 0.391 e. The molecular weight excluding hydrogens is 249 g/mol. The first-order chi connectivity index (χ1) is 8.91. The third-order valence-electron chi connectivity index (χ3n) is 4.41. The summed E-state index contributed by atoms with van der Waals surface area (Å²) >= 11 is 0. The van der Waals surface area contributed by atoms with Crippen LogP contribution in [0.4, 0.5) is 13.2 Å². The molecule has 1 aromatic carbocycles. The standard InChI is InChI=1S/C16H21F3/c1-3-12-4-5-14(10-11(12)2)13-6-8-15(9-7-13)16(17,18)19/h4-5,10,13,15H,3,6-9H2,1-2H3/t13-,15-. The molecule has 3 heteroatoms.